The fourth-order valence-electron chi connectivity index (χ4n) is 3.73. The molecule has 6 nitrogen and oxygen atoms in total. The van der Waals surface area contributed by atoms with Gasteiger partial charge in [-0.25, -0.2) is 0 Å². The molecule has 7 heteroatoms. The number of amides is 1. The molecule has 2 aliphatic heterocycles. The fraction of sp³-hybridized carbons (Fsp3) is 0.333. The molecule has 28 heavy (non-hydrogen) atoms. The maximum Gasteiger partial charge on any atom is 0.286 e. The second-order valence-corrected chi connectivity index (χ2v) is 8.81. The third-order valence-electron chi connectivity index (χ3n) is 5.26. The number of rotatable bonds is 3. The second-order valence-electron chi connectivity index (χ2n) is 7.23. The van der Waals surface area contributed by atoms with Crippen LogP contribution in [0.25, 0.3) is 0 Å². The van der Waals surface area contributed by atoms with E-state index in [9.17, 15) is 13.2 Å². The van der Waals surface area contributed by atoms with Crippen LogP contribution in [0.15, 0.2) is 57.8 Å². The zero-order valence-corrected chi connectivity index (χ0v) is 16.6. The first kappa shape index (κ1) is 18.7. The van der Waals surface area contributed by atoms with Crippen LogP contribution in [-0.2, 0) is 10.0 Å². The summed E-state index contributed by atoms with van der Waals surface area (Å²) in [6.45, 7) is 2.65. The van der Waals surface area contributed by atoms with Gasteiger partial charge in [-0.1, -0.05) is 36.8 Å². The molecule has 1 amide bonds. The quantitative estimate of drug-likeness (QED) is 0.857. The summed E-state index contributed by atoms with van der Waals surface area (Å²) in [5.74, 6) is 0.305. The largest absolute Gasteiger partial charge is 0.346 e. The Morgan fingerprint density at radius 3 is 2.68 bits per heavy atom. The van der Waals surface area contributed by atoms with E-state index in [0.29, 0.717) is 23.5 Å². The monoisotopic (exact) mass is 397 g/mol. The Morgan fingerprint density at radius 1 is 1.11 bits per heavy atom. The second kappa shape index (κ2) is 7.39. The van der Waals surface area contributed by atoms with Gasteiger partial charge >= 0.3 is 0 Å². The molecule has 0 unspecified atom stereocenters. The third kappa shape index (κ3) is 3.54. The van der Waals surface area contributed by atoms with E-state index in [-0.39, 0.29) is 16.8 Å². The van der Waals surface area contributed by atoms with Crippen molar-refractivity contribution in [3.05, 3.63) is 59.7 Å². The smallest absolute Gasteiger partial charge is 0.286 e. The molecule has 1 N–H and O–H groups in total. The number of carbonyl (C=O) groups excluding carboxylic acids is 1. The molecule has 2 aromatic rings. The van der Waals surface area contributed by atoms with Gasteiger partial charge in [-0.05, 0) is 43.5 Å². The molecular formula is C21H23N3O3S. The van der Waals surface area contributed by atoms with Crippen LogP contribution in [0.3, 0.4) is 0 Å². The van der Waals surface area contributed by atoms with E-state index in [1.54, 1.807) is 12.1 Å². The molecular weight excluding hydrogens is 374 g/mol. The van der Waals surface area contributed by atoms with Crippen LogP contribution in [-0.4, -0.2) is 26.7 Å². The first-order valence-corrected chi connectivity index (χ1v) is 11.0. The van der Waals surface area contributed by atoms with Gasteiger partial charge in [-0.2, -0.15) is 8.42 Å². The van der Waals surface area contributed by atoms with Crippen LogP contribution >= 0.6 is 0 Å². The van der Waals surface area contributed by atoms with Gasteiger partial charge in [-0.3, -0.25) is 4.79 Å². The molecule has 0 saturated carbocycles. The number of benzene rings is 2. The van der Waals surface area contributed by atoms with E-state index in [0.717, 1.165) is 31.4 Å². The van der Waals surface area contributed by atoms with Crippen LogP contribution in [0.4, 0.5) is 5.69 Å². The summed E-state index contributed by atoms with van der Waals surface area (Å²) < 4.78 is 29.5. The van der Waals surface area contributed by atoms with E-state index >= 15 is 0 Å². The van der Waals surface area contributed by atoms with Crippen LogP contribution in [0.2, 0.25) is 0 Å². The Hall–Kier alpha value is -2.67. The summed E-state index contributed by atoms with van der Waals surface area (Å²) in [6, 6.07) is 14.3. The van der Waals surface area contributed by atoms with Crippen molar-refractivity contribution in [2.45, 2.75) is 43.5 Å². The van der Waals surface area contributed by atoms with Gasteiger partial charge in [0, 0.05) is 18.5 Å². The van der Waals surface area contributed by atoms with Crippen LogP contribution in [0, 0.1) is 0 Å². The summed E-state index contributed by atoms with van der Waals surface area (Å²) in [5, 5.41) is 2.93. The molecule has 2 heterocycles. The summed E-state index contributed by atoms with van der Waals surface area (Å²) in [7, 11) is -3.80. The van der Waals surface area contributed by atoms with Gasteiger partial charge in [0.1, 0.15) is 10.7 Å². The maximum absolute atomic E-state index is 12.7. The van der Waals surface area contributed by atoms with E-state index in [1.165, 1.54) is 6.07 Å². The molecule has 146 valence electrons. The van der Waals surface area contributed by atoms with E-state index in [1.807, 2.05) is 42.2 Å². The summed E-state index contributed by atoms with van der Waals surface area (Å²) in [4.78, 5) is 14.8. The van der Waals surface area contributed by atoms with E-state index in [2.05, 4.69) is 9.71 Å². The zero-order chi connectivity index (χ0) is 19.7. The molecule has 0 aromatic heterocycles. The molecule has 1 fully saturated rings. The Balaban J connectivity index is 1.63. The average Bonchev–Trinajstić information content (AvgIpc) is 2.93. The van der Waals surface area contributed by atoms with Crippen molar-refractivity contribution in [1.29, 1.82) is 0 Å². The highest BCUT2D eigenvalue weighted by Gasteiger charge is 2.32. The predicted octanol–water partition coefficient (Wildman–Crippen LogP) is 3.66. The highest BCUT2D eigenvalue weighted by Crippen LogP contribution is 2.35. The van der Waals surface area contributed by atoms with Crippen molar-refractivity contribution in [2.75, 3.05) is 11.4 Å². The standard InChI is InChI=1S/C21H23N3O3S/c1-15(16-8-4-2-5-9-16)22-21(25)17-11-12-18-19(14-17)28(26,27)23-20-10-6-3-7-13-24(18)20/h2,4-5,8-9,11-12,14-15H,3,6-7,10,13H2,1H3,(H,22,25)/t15-/m1/s1. The first-order valence-electron chi connectivity index (χ1n) is 9.57. The number of anilines is 1. The van der Waals surface area contributed by atoms with Crippen LogP contribution in [0.1, 0.15) is 54.6 Å². The lowest BCUT2D eigenvalue weighted by Gasteiger charge is -2.29. The molecule has 4 rings (SSSR count). The molecule has 0 radical (unpaired) electrons. The Morgan fingerprint density at radius 2 is 1.89 bits per heavy atom. The maximum atomic E-state index is 12.7. The average molecular weight is 398 g/mol. The minimum Gasteiger partial charge on any atom is -0.346 e. The topological polar surface area (TPSA) is 78.8 Å². The summed E-state index contributed by atoms with van der Waals surface area (Å²) in [6.07, 6.45) is 3.66. The number of nitrogens with one attached hydrogen (secondary N) is 1. The molecule has 1 saturated heterocycles. The van der Waals surface area contributed by atoms with Crippen molar-refractivity contribution >= 4 is 27.5 Å². The zero-order valence-electron chi connectivity index (χ0n) is 15.8. The van der Waals surface area contributed by atoms with Gasteiger partial charge in [0.25, 0.3) is 15.9 Å². The van der Waals surface area contributed by atoms with Gasteiger partial charge in [0.15, 0.2) is 0 Å². The fourth-order valence-corrected chi connectivity index (χ4v) is 5.01. The third-order valence-corrected chi connectivity index (χ3v) is 6.59. The van der Waals surface area contributed by atoms with Gasteiger partial charge in [0.05, 0.1) is 11.7 Å². The van der Waals surface area contributed by atoms with Gasteiger partial charge < -0.3 is 10.2 Å². The van der Waals surface area contributed by atoms with Crippen LogP contribution < -0.4 is 10.2 Å². The number of hydrogen-bond acceptors (Lipinski definition) is 4. The van der Waals surface area contributed by atoms with Gasteiger partial charge in [-0.15, -0.1) is 4.40 Å². The number of nitrogens with zero attached hydrogens (tertiary/aromatic N) is 2. The van der Waals surface area contributed by atoms with Crippen LogP contribution in [0.5, 0.6) is 0 Å². The van der Waals surface area contributed by atoms with Crippen molar-refractivity contribution in [2.24, 2.45) is 4.40 Å². The number of fused-ring (bicyclic) bond motifs is 3. The number of amidine groups is 1. The highest BCUT2D eigenvalue weighted by atomic mass is 32.2. The number of carbonyl (C=O) groups is 1. The normalized spacial score (nSPS) is 18.9. The Kier molecular flexibility index (Phi) is 4.93. The minimum atomic E-state index is -3.80. The van der Waals surface area contributed by atoms with Crippen molar-refractivity contribution in [3.8, 4) is 0 Å². The molecule has 1 atom stereocenters. The minimum absolute atomic E-state index is 0.109. The van der Waals surface area contributed by atoms with Crippen molar-refractivity contribution < 1.29 is 13.2 Å². The number of hydrogen-bond donors (Lipinski definition) is 1. The SMILES string of the molecule is C[C@@H](NC(=O)c1ccc2c(c1)S(=O)(=O)N=C1CCCCCN12)c1ccccc1. The molecule has 0 aliphatic carbocycles. The number of sulfonamides is 1. The summed E-state index contributed by atoms with van der Waals surface area (Å²) in [5.41, 5.74) is 1.93. The van der Waals surface area contributed by atoms with Crippen molar-refractivity contribution in [1.82, 2.24) is 5.32 Å². The highest BCUT2D eigenvalue weighted by molar-refractivity contribution is 7.90. The molecule has 2 aromatic carbocycles. The Labute approximate surface area is 165 Å². The van der Waals surface area contributed by atoms with E-state index in [4.69, 9.17) is 0 Å². The van der Waals surface area contributed by atoms with Crippen molar-refractivity contribution in [3.63, 3.8) is 0 Å². The molecule has 0 bridgehead atoms. The molecule has 0 spiro atoms. The lowest BCUT2D eigenvalue weighted by atomic mass is 10.1. The lowest BCUT2D eigenvalue weighted by Crippen LogP contribution is -2.35. The molecule has 2 aliphatic rings. The first-order chi connectivity index (χ1) is 13.5. The Bertz CT molecular complexity index is 1030. The van der Waals surface area contributed by atoms with E-state index < -0.39 is 10.0 Å². The predicted molar refractivity (Wildman–Crippen MR) is 109 cm³/mol. The van der Waals surface area contributed by atoms with Gasteiger partial charge in [0.2, 0.25) is 0 Å². The summed E-state index contributed by atoms with van der Waals surface area (Å²) >= 11 is 0. The lowest BCUT2D eigenvalue weighted by molar-refractivity contribution is 0.0939.